The molecule has 1 aromatic heterocycles. The van der Waals surface area contributed by atoms with Gasteiger partial charge in [0.15, 0.2) is 0 Å². The van der Waals surface area contributed by atoms with Gasteiger partial charge in [0.2, 0.25) is 0 Å². The van der Waals surface area contributed by atoms with E-state index >= 15 is 0 Å². The van der Waals surface area contributed by atoms with E-state index in [1.54, 1.807) is 6.26 Å². The molecule has 1 N–H and O–H groups in total. The molecule has 0 spiro atoms. The van der Waals surface area contributed by atoms with Gasteiger partial charge in [0.05, 0.1) is 12.5 Å². The molecule has 1 fully saturated rings. The van der Waals surface area contributed by atoms with E-state index < -0.39 is 0 Å². The fourth-order valence-electron chi connectivity index (χ4n) is 2.75. The molecule has 0 bridgehead atoms. The zero-order valence-corrected chi connectivity index (χ0v) is 12.6. The highest BCUT2D eigenvalue weighted by Gasteiger charge is 2.30. The summed E-state index contributed by atoms with van der Waals surface area (Å²) in [5.41, 5.74) is 1.67. The van der Waals surface area contributed by atoms with E-state index in [1.807, 2.05) is 6.26 Å². The minimum absolute atomic E-state index is 0.404. The molecule has 1 aromatic rings. The van der Waals surface area contributed by atoms with Gasteiger partial charge in [-0.2, -0.15) is 0 Å². The first-order chi connectivity index (χ1) is 9.17. The van der Waals surface area contributed by atoms with Crippen LogP contribution in [0.1, 0.15) is 45.1 Å². The highest BCUT2D eigenvalue weighted by molar-refractivity contribution is 5.05. The fourth-order valence-corrected chi connectivity index (χ4v) is 2.75. The first kappa shape index (κ1) is 14.6. The zero-order valence-electron chi connectivity index (χ0n) is 12.6. The number of hydrogen-bond acceptors (Lipinski definition) is 3. The summed E-state index contributed by atoms with van der Waals surface area (Å²) < 4.78 is 5.15. The Kier molecular flexibility index (Phi) is 5.06. The van der Waals surface area contributed by atoms with E-state index in [0.29, 0.717) is 5.41 Å². The molecule has 108 valence electrons. The maximum atomic E-state index is 5.15. The Morgan fingerprint density at radius 3 is 2.63 bits per heavy atom. The monoisotopic (exact) mass is 264 g/mol. The van der Waals surface area contributed by atoms with Gasteiger partial charge in [-0.15, -0.1) is 0 Å². The van der Waals surface area contributed by atoms with Crippen LogP contribution in [-0.4, -0.2) is 31.1 Å². The molecule has 2 rings (SSSR count). The lowest BCUT2D eigenvalue weighted by molar-refractivity contribution is 0.150. The second-order valence-electron chi connectivity index (χ2n) is 6.17. The van der Waals surface area contributed by atoms with Gasteiger partial charge in [-0.05, 0) is 44.2 Å². The van der Waals surface area contributed by atoms with Crippen molar-refractivity contribution >= 4 is 0 Å². The van der Waals surface area contributed by atoms with Crippen LogP contribution in [0.5, 0.6) is 0 Å². The van der Waals surface area contributed by atoms with Crippen LogP contribution >= 0.6 is 0 Å². The maximum absolute atomic E-state index is 5.15. The topological polar surface area (TPSA) is 28.4 Å². The Hall–Kier alpha value is -0.800. The van der Waals surface area contributed by atoms with Crippen LogP contribution in [0, 0.1) is 5.41 Å². The number of furan rings is 1. The first-order valence-electron chi connectivity index (χ1n) is 7.60. The van der Waals surface area contributed by atoms with Gasteiger partial charge in [-0.3, -0.25) is 0 Å². The van der Waals surface area contributed by atoms with E-state index in [9.17, 15) is 0 Å². The molecule has 0 aliphatic heterocycles. The molecule has 0 saturated heterocycles. The van der Waals surface area contributed by atoms with Crippen molar-refractivity contribution in [3.63, 3.8) is 0 Å². The van der Waals surface area contributed by atoms with Crippen LogP contribution in [0.15, 0.2) is 23.0 Å². The highest BCUT2D eigenvalue weighted by Crippen LogP contribution is 2.29. The van der Waals surface area contributed by atoms with Gasteiger partial charge in [0.1, 0.15) is 0 Å². The molecule has 0 radical (unpaired) electrons. The summed E-state index contributed by atoms with van der Waals surface area (Å²) in [7, 11) is 2.21. The van der Waals surface area contributed by atoms with Crippen molar-refractivity contribution in [2.45, 2.75) is 52.1 Å². The van der Waals surface area contributed by atoms with Crippen molar-refractivity contribution in [2.75, 3.05) is 20.1 Å². The van der Waals surface area contributed by atoms with Crippen molar-refractivity contribution in [3.8, 4) is 0 Å². The lowest BCUT2D eigenvalue weighted by Crippen LogP contribution is -2.42. The molecule has 1 saturated carbocycles. The average molecular weight is 264 g/mol. The molecule has 3 heteroatoms. The minimum atomic E-state index is 0.404. The van der Waals surface area contributed by atoms with Crippen molar-refractivity contribution < 1.29 is 4.42 Å². The van der Waals surface area contributed by atoms with Crippen LogP contribution in [0.4, 0.5) is 0 Å². The van der Waals surface area contributed by atoms with Gasteiger partial charge in [-0.25, -0.2) is 0 Å². The van der Waals surface area contributed by atoms with Crippen molar-refractivity contribution in [3.05, 3.63) is 24.2 Å². The van der Waals surface area contributed by atoms with Gasteiger partial charge in [0, 0.05) is 31.2 Å². The summed E-state index contributed by atoms with van der Waals surface area (Å²) >= 11 is 0. The molecule has 19 heavy (non-hydrogen) atoms. The first-order valence-corrected chi connectivity index (χ1v) is 7.60. The number of hydrogen-bond donors (Lipinski definition) is 1. The second-order valence-corrected chi connectivity index (χ2v) is 6.17. The van der Waals surface area contributed by atoms with Crippen LogP contribution < -0.4 is 5.32 Å². The minimum Gasteiger partial charge on any atom is -0.472 e. The van der Waals surface area contributed by atoms with Crippen LogP contribution in [-0.2, 0) is 6.54 Å². The number of nitrogens with zero attached hydrogens (tertiary/aromatic N) is 1. The van der Waals surface area contributed by atoms with Crippen molar-refractivity contribution in [1.29, 1.82) is 0 Å². The highest BCUT2D eigenvalue weighted by atomic mass is 16.3. The summed E-state index contributed by atoms with van der Waals surface area (Å²) in [6, 6.07) is 2.86. The summed E-state index contributed by atoms with van der Waals surface area (Å²) in [5.74, 6) is 0. The second kappa shape index (κ2) is 6.58. The predicted molar refractivity (Wildman–Crippen MR) is 79.1 cm³/mol. The number of rotatable bonds is 9. The van der Waals surface area contributed by atoms with Gasteiger partial charge < -0.3 is 14.6 Å². The fraction of sp³-hybridized carbons (Fsp3) is 0.750. The Labute approximate surface area is 117 Å². The Balaban J connectivity index is 1.86. The molecule has 0 aromatic carbocycles. The van der Waals surface area contributed by atoms with Crippen LogP contribution in [0.25, 0.3) is 0 Å². The molecular weight excluding hydrogens is 236 g/mol. The third-order valence-electron chi connectivity index (χ3n) is 4.48. The van der Waals surface area contributed by atoms with E-state index in [1.165, 1.54) is 31.2 Å². The summed E-state index contributed by atoms with van der Waals surface area (Å²) in [4.78, 5) is 2.42. The Morgan fingerprint density at radius 2 is 2.11 bits per heavy atom. The number of nitrogens with one attached hydrogen (secondary N) is 1. The maximum Gasteiger partial charge on any atom is 0.0947 e. The molecule has 1 aliphatic carbocycles. The van der Waals surface area contributed by atoms with Crippen LogP contribution in [0.2, 0.25) is 0 Å². The molecule has 1 aliphatic rings. The van der Waals surface area contributed by atoms with E-state index in [-0.39, 0.29) is 0 Å². The molecule has 0 unspecified atom stereocenters. The smallest absolute Gasteiger partial charge is 0.0947 e. The summed E-state index contributed by atoms with van der Waals surface area (Å²) in [6.07, 6.45) is 8.81. The van der Waals surface area contributed by atoms with E-state index in [0.717, 1.165) is 25.7 Å². The lowest BCUT2D eigenvalue weighted by atomic mass is 9.81. The average Bonchev–Trinajstić information content (AvgIpc) is 3.11. The zero-order chi connectivity index (χ0) is 13.7. The lowest BCUT2D eigenvalue weighted by Gasteiger charge is -2.36. The summed E-state index contributed by atoms with van der Waals surface area (Å²) in [6.45, 7) is 7.92. The quantitative estimate of drug-likeness (QED) is 0.742. The largest absolute Gasteiger partial charge is 0.472 e. The Bertz CT molecular complexity index is 353. The normalized spacial score (nSPS) is 16.2. The molecule has 1 heterocycles. The predicted octanol–water partition coefficient (Wildman–Crippen LogP) is 3.27. The van der Waals surface area contributed by atoms with Crippen molar-refractivity contribution in [1.82, 2.24) is 10.2 Å². The van der Waals surface area contributed by atoms with Crippen LogP contribution in [0.3, 0.4) is 0 Å². The molecule has 3 nitrogen and oxygen atoms in total. The standard InChI is InChI=1S/C16H28N2O/c1-4-16(5-2,12-17-15-6-7-15)13-18(3)10-14-8-9-19-11-14/h8-9,11,15,17H,4-7,10,12-13H2,1-3H3. The molecule has 0 atom stereocenters. The third kappa shape index (κ3) is 4.36. The summed E-state index contributed by atoms with van der Waals surface area (Å²) in [5, 5.41) is 3.72. The van der Waals surface area contributed by atoms with E-state index in [2.05, 4.69) is 37.2 Å². The van der Waals surface area contributed by atoms with Gasteiger partial charge >= 0.3 is 0 Å². The third-order valence-corrected chi connectivity index (χ3v) is 4.48. The van der Waals surface area contributed by atoms with Gasteiger partial charge in [0.25, 0.3) is 0 Å². The molecular formula is C16H28N2O. The van der Waals surface area contributed by atoms with Crippen molar-refractivity contribution in [2.24, 2.45) is 5.41 Å². The Morgan fingerprint density at radius 1 is 1.37 bits per heavy atom. The molecule has 0 amide bonds. The SMILES string of the molecule is CCC(CC)(CNC1CC1)CN(C)Cc1ccoc1. The van der Waals surface area contributed by atoms with Gasteiger partial charge in [-0.1, -0.05) is 13.8 Å². The van der Waals surface area contributed by atoms with E-state index in [4.69, 9.17) is 4.42 Å².